The number of hydrogen-bond acceptors (Lipinski definition) is 3. The van der Waals surface area contributed by atoms with Crippen molar-refractivity contribution in [3.05, 3.63) is 30.3 Å². The Labute approximate surface area is 134 Å². The Morgan fingerprint density at radius 3 is 2.68 bits per heavy atom. The number of urea groups is 1. The lowest BCUT2D eigenvalue weighted by atomic mass is 10.3. The molecule has 120 valence electrons. The van der Waals surface area contributed by atoms with Crippen LogP contribution in [0.25, 0.3) is 0 Å². The van der Waals surface area contributed by atoms with E-state index in [9.17, 15) is 9.00 Å². The second kappa shape index (κ2) is 7.13. The van der Waals surface area contributed by atoms with Crippen molar-refractivity contribution in [2.24, 2.45) is 0 Å². The summed E-state index contributed by atoms with van der Waals surface area (Å²) in [6.45, 7) is 3.34. The Bertz CT molecular complexity index is 537. The number of amides is 2. The highest BCUT2D eigenvalue weighted by Gasteiger charge is 2.25. The highest BCUT2D eigenvalue weighted by Crippen LogP contribution is 2.16. The number of nitrogens with one attached hydrogen (secondary N) is 1. The van der Waals surface area contributed by atoms with Crippen molar-refractivity contribution in [1.82, 2.24) is 10.2 Å². The molecule has 5 nitrogen and oxygen atoms in total. The lowest BCUT2D eigenvalue weighted by Gasteiger charge is -2.24. The van der Waals surface area contributed by atoms with Gasteiger partial charge >= 0.3 is 6.03 Å². The number of carbonyl (C=O) groups excluding carboxylic acids is 1. The first-order valence-corrected chi connectivity index (χ1v) is 9.41. The number of para-hydroxylation sites is 1. The molecule has 0 saturated carbocycles. The van der Waals surface area contributed by atoms with Gasteiger partial charge in [-0.05, 0) is 25.0 Å². The van der Waals surface area contributed by atoms with Crippen molar-refractivity contribution >= 4 is 22.5 Å². The molecule has 0 aliphatic carbocycles. The van der Waals surface area contributed by atoms with Crippen LogP contribution in [-0.2, 0) is 10.8 Å². The minimum atomic E-state index is -0.750. The van der Waals surface area contributed by atoms with E-state index in [1.165, 1.54) is 5.69 Å². The van der Waals surface area contributed by atoms with Gasteiger partial charge in [0, 0.05) is 60.2 Å². The van der Waals surface area contributed by atoms with Crippen molar-refractivity contribution in [2.45, 2.75) is 18.9 Å². The predicted octanol–water partition coefficient (Wildman–Crippen LogP) is 1.43. The summed E-state index contributed by atoms with van der Waals surface area (Å²) in [6, 6.07) is 10.4. The maximum Gasteiger partial charge on any atom is 0.317 e. The van der Waals surface area contributed by atoms with Gasteiger partial charge < -0.3 is 15.1 Å². The van der Waals surface area contributed by atoms with Crippen LogP contribution in [0.4, 0.5) is 10.5 Å². The van der Waals surface area contributed by atoms with E-state index in [1.54, 1.807) is 0 Å². The standard InChI is InChI=1S/C16H23N3O2S/c20-16(17-14-7-12-22(21)13-14)19-9-4-8-18(10-11-19)15-5-2-1-3-6-15/h1-3,5-6,14H,4,7-13H2,(H,17,20)/t14-,22+/m0/s1. The van der Waals surface area contributed by atoms with Crippen LogP contribution >= 0.6 is 0 Å². The number of hydrogen-bond donors (Lipinski definition) is 1. The first kappa shape index (κ1) is 15.3. The van der Waals surface area contributed by atoms with Gasteiger partial charge in [0.05, 0.1) is 0 Å². The first-order chi connectivity index (χ1) is 10.7. The lowest BCUT2D eigenvalue weighted by molar-refractivity contribution is 0.198. The fourth-order valence-corrected chi connectivity index (χ4v) is 4.47. The summed E-state index contributed by atoms with van der Waals surface area (Å²) in [7, 11) is -0.750. The first-order valence-electron chi connectivity index (χ1n) is 7.93. The van der Waals surface area contributed by atoms with Gasteiger partial charge in [0.1, 0.15) is 0 Å². The van der Waals surface area contributed by atoms with Crippen molar-refractivity contribution in [3.63, 3.8) is 0 Å². The SMILES string of the molecule is O=C(N[C@H]1CC[S@@](=O)C1)N1CCCN(c2ccccc2)CC1. The Kier molecular flexibility index (Phi) is 4.97. The molecule has 0 spiro atoms. The van der Waals surface area contributed by atoms with Gasteiger partial charge in [0.25, 0.3) is 0 Å². The molecule has 1 aromatic carbocycles. The lowest BCUT2D eigenvalue weighted by Crippen LogP contribution is -2.46. The second-order valence-electron chi connectivity index (χ2n) is 5.91. The van der Waals surface area contributed by atoms with Crippen molar-refractivity contribution in [3.8, 4) is 0 Å². The Morgan fingerprint density at radius 2 is 1.95 bits per heavy atom. The molecule has 2 amide bonds. The minimum absolute atomic E-state index is 0.00110. The maximum atomic E-state index is 12.4. The van der Waals surface area contributed by atoms with Crippen LogP contribution in [0.15, 0.2) is 30.3 Å². The van der Waals surface area contributed by atoms with E-state index in [0.717, 1.165) is 39.0 Å². The van der Waals surface area contributed by atoms with E-state index < -0.39 is 10.8 Å². The second-order valence-corrected chi connectivity index (χ2v) is 7.53. The van der Waals surface area contributed by atoms with Crippen LogP contribution in [0, 0.1) is 0 Å². The molecule has 2 fully saturated rings. The third kappa shape index (κ3) is 3.80. The molecule has 2 saturated heterocycles. The van der Waals surface area contributed by atoms with Crippen molar-refractivity contribution in [2.75, 3.05) is 42.6 Å². The van der Waals surface area contributed by atoms with Crippen molar-refractivity contribution < 1.29 is 9.00 Å². The molecule has 2 aliphatic rings. The largest absolute Gasteiger partial charge is 0.370 e. The number of carbonyl (C=O) groups is 1. The van der Waals surface area contributed by atoms with Crippen LogP contribution in [-0.4, -0.2) is 58.9 Å². The third-order valence-electron chi connectivity index (χ3n) is 4.31. The number of anilines is 1. The molecule has 0 unspecified atom stereocenters. The molecule has 6 heteroatoms. The smallest absolute Gasteiger partial charge is 0.317 e. The van der Waals surface area contributed by atoms with Gasteiger partial charge in [-0.2, -0.15) is 0 Å². The Hall–Kier alpha value is -1.56. The minimum Gasteiger partial charge on any atom is -0.370 e. The molecule has 0 aromatic heterocycles. The summed E-state index contributed by atoms with van der Waals surface area (Å²) in [5.41, 5.74) is 1.22. The fraction of sp³-hybridized carbons (Fsp3) is 0.562. The molecule has 0 radical (unpaired) electrons. The third-order valence-corrected chi connectivity index (χ3v) is 5.78. The quantitative estimate of drug-likeness (QED) is 0.896. The molecule has 3 rings (SSSR count). The van der Waals surface area contributed by atoms with Crippen LogP contribution < -0.4 is 10.2 Å². The Morgan fingerprint density at radius 1 is 1.14 bits per heavy atom. The molecule has 1 aromatic rings. The molecule has 0 bridgehead atoms. The van der Waals surface area contributed by atoms with Crippen LogP contribution in [0.3, 0.4) is 0 Å². The van der Waals surface area contributed by atoms with E-state index in [-0.39, 0.29) is 12.1 Å². The summed E-state index contributed by atoms with van der Waals surface area (Å²) in [6.07, 6.45) is 1.81. The van der Waals surface area contributed by atoms with Crippen LogP contribution in [0.5, 0.6) is 0 Å². The zero-order valence-electron chi connectivity index (χ0n) is 12.7. The molecular weight excluding hydrogens is 298 g/mol. The summed E-state index contributed by atoms with van der Waals surface area (Å²) in [5.74, 6) is 1.32. The van der Waals surface area contributed by atoms with E-state index >= 15 is 0 Å². The predicted molar refractivity (Wildman–Crippen MR) is 89.7 cm³/mol. The van der Waals surface area contributed by atoms with Gasteiger partial charge in [-0.1, -0.05) is 18.2 Å². The zero-order valence-corrected chi connectivity index (χ0v) is 13.6. The summed E-state index contributed by atoms with van der Waals surface area (Å²) in [4.78, 5) is 16.6. The average Bonchev–Trinajstić information content (AvgIpc) is 2.80. The van der Waals surface area contributed by atoms with Gasteiger partial charge in [-0.15, -0.1) is 0 Å². The summed E-state index contributed by atoms with van der Waals surface area (Å²) < 4.78 is 11.4. The highest BCUT2D eigenvalue weighted by molar-refractivity contribution is 7.85. The molecule has 2 heterocycles. The number of benzene rings is 1. The van der Waals surface area contributed by atoms with Crippen LogP contribution in [0.2, 0.25) is 0 Å². The topological polar surface area (TPSA) is 52.7 Å². The van der Waals surface area contributed by atoms with E-state index in [1.807, 2.05) is 23.1 Å². The molecule has 2 atom stereocenters. The number of nitrogens with zero attached hydrogens (tertiary/aromatic N) is 2. The van der Waals surface area contributed by atoms with Gasteiger partial charge in [-0.3, -0.25) is 4.21 Å². The molecular formula is C16H23N3O2S. The number of rotatable bonds is 2. The van der Waals surface area contributed by atoms with E-state index in [2.05, 4.69) is 22.3 Å². The Balaban J connectivity index is 1.53. The van der Waals surface area contributed by atoms with E-state index in [4.69, 9.17) is 0 Å². The average molecular weight is 321 g/mol. The normalized spacial score (nSPS) is 25.8. The molecule has 1 N–H and O–H groups in total. The molecule has 2 aliphatic heterocycles. The van der Waals surface area contributed by atoms with Gasteiger partial charge in [0.15, 0.2) is 0 Å². The molecule has 22 heavy (non-hydrogen) atoms. The van der Waals surface area contributed by atoms with Crippen molar-refractivity contribution in [1.29, 1.82) is 0 Å². The van der Waals surface area contributed by atoms with Gasteiger partial charge in [0.2, 0.25) is 0 Å². The maximum absolute atomic E-state index is 12.4. The zero-order chi connectivity index (χ0) is 15.4. The summed E-state index contributed by atoms with van der Waals surface area (Å²) in [5, 5.41) is 3.04. The highest BCUT2D eigenvalue weighted by atomic mass is 32.2. The van der Waals surface area contributed by atoms with Crippen LogP contribution in [0.1, 0.15) is 12.8 Å². The monoisotopic (exact) mass is 321 g/mol. The fourth-order valence-electron chi connectivity index (χ4n) is 3.06. The van der Waals surface area contributed by atoms with E-state index in [0.29, 0.717) is 11.5 Å². The van der Waals surface area contributed by atoms with Gasteiger partial charge in [-0.25, -0.2) is 4.79 Å². The summed E-state index contributed by atoms with van der Waals surface area (Å²) >= 11 is 0.